The van der Waals surface area contributed by atoms with Gasteiger partial charge in [0.05, 0.1) is 9.60 Å². The lowest BCUT2D eigenvalue weighted by molar-refractivity contribution is 0.676. The summed E-state index contributed by atoms with van der Waals surface area (Å²) in [5.41, 5.74) is 0.157. The second-order valence-corrected chi connectivity index (χ2v) is 4.69. The van der Waals surface area contributed by atoms with Gasteiger partial charge in [0.15, 0.2) is 0 Å². The van der Waals surface area contributed by atoms with Crippen LogP contribution in [0.4, 0.5) is 0 Å². The van der Waals surface area contributed by atoms with E-state index in [-0.39, 0.29) is 46.4 Å². The lowest BCUT2D eigenvalue weighted by atomic mass is 9.93. The summed E-state index contributed by atoms with van der Waals surface area (Å²) >= 11 is 0. The molecule has 1 saturated carbocycles. The van der Waals surface area contributed by atoms with E-state index in [0.717, 1.165) is 13.0 Å². The summed E-state index contributed by atoms with van der Waals surface area (Å²) in [5, 5.41) is 3.30. The molecule has 1 aliphatic carbocycles. The molecule has 0 spiro atoms. The monoisotopic (exact) mass is 216 g/mol. The quantitative estimate of drug-likeness (QED) is 0.773. The van der Waals surface area contributed by atoms with Gasteiger partial charge in [0.2, 0.25) is 0 Å². The van der Waals surface area contributed by atoms with Crippen LogP contribution >= 0.6 is 0 Å². The molecule has 0 aromatic heterocycles. The average Bonchev–Trinajstić information content (AvgIpc) is 3.07. The smallest absolute Gasteiger partial charge is 0.0632 e. The minimum atomic E-state index is -0.424. The van der Waals surface area contributed by atoms with Gasteiger partial charge >= 0.3 is 0 Å². The Balaban J connectivity index is 2.16. The zero-order valence-electron chi connectivity index (χ0n) is 15.7. The molecule has 1 unspecified atom stereocenters. The van der Waals surface area contributed by atoms with Gasteiger partial charge in [0.25, 0.3) is 0 Å². The van der Waals surface area contributed by atoms with Gasteiger partial charge in [-0.3, -0.25) is 0 Å². The van der Waals surface area contributed by atoms with E-state index in [1.165, 1.54) is 0 Å². The number of nitrogens with one attached hydrogen (secondary N) is 1. The third-order valence-electron chi connectivity index (χ3n) is 3.81. The van der Waals surface area contributed by atoms with Crippen LogP contribution in [0.2, 0.25) is 0 Å². The highest BCUT2D eigenvalue weighted by molar-refractivity contribution is 5.83. The molecule has 80 valence electrons. The van der Waals surface area contributed by atoms with Crippen molar-refractivity contribution in [3.05, 3.63) is 47.9 Å². The van der Waals surface area contributed by atoms with E-state index in [9.17, 15) is 0 Å². The van der Waals surface area contributed by atoms with Gasteiger partial charge in [-0.05, 0) is 35.2 Å². The summed E-state index contributed by atoms with van der Waals surface area (Å²) in [7, 11) is 0. The molecule has 2 atom stereocenters. The van der Waals surface area contributed by atoms with Crippen molar-refractivity contribution in [1.29, 1.82) is 0 Å². The van der Waals surface area contributed by atoms with Gasteiger partial charge in [-0.2, -0.15) is 0 Å². The maximum absolute atomic E-state index is 8.52. The Morgan fingerprint density at radius 1 is 1.19 bits per heavy atom. The number of hydrogen-bond donors (Lipinski definition) is 1. The summed E-state index contributed by atoms with van der Waals surface area (Å²) in [4.78, 5) is 0. The van der Waals surface area contributed by atoms with Gasteiger partial charge in [-0.25, -0.2) is 0 Å². The largest absolute Gasteiger partial charge is 0.316 e. The summed E-state index contributed by atoms with van der Waals surface area (Å²) in [6.45, 7) is 1.49. The standard InChI is InChI=1S/C15H15N/c1-2-4-12-7-13(6-5-11(12)3-1)15-8-14(15)9-16-10-15/h1-7,14,16H,8-10H2/t14-,15?/m1/s1/i1D,2D,3D,4D,5D,6D,7D. The zero-order chi connectivity index (χ0) is 16.7. The van der Waals surface area contributed by atoms with E-state index < -0.39 is 12.1 Å². The topological polar surface area (TPSA) is 12.0 Å². The number of fused-ring (bicyclic) bond motifs is 2. The Labute approximate surface area is 105 Å². The first kappa shape index (κ1) is 4.50. The van der Waals surface area contributed by atoms with Crippen LogP contribution < -0.4 is 5.32 Å². The molecule has 0 amide bonds. The molecule has 0 bridgehead atoms. The first-order valence-electron chi connectivity index (χ1n) is 9.02. The number of piperidine rings is 1. The molecule has 2 aromatic carbocycles. The molecule has 1 heteroatoms. The molecule has 2 aromatic rings. The molecule has 2 aliphatic rings. The molecule has 2 fully saturated rings. The Hall–Kier alpha value is -1.34. The van der Waals surface area contributed by atoms with E-state index >= 15 is 0 Å². The van der Waals surface area contributed by atoms with E-state index in [1.807, 2.05) is 0 Å². The van der Waals surface area contributed by atoms with E-state index in [1.54, 1.807) is 0 Å². The van der Waals surface area contributed by atoms with Crippen LogP contribution in [0.1, 0.15) is 21.6 Å². The zero-order valence-corrected chi connectivity index (χ0v) is 8.70. The SMILES string of the molecule is [2H]c1c([2H])c([2H])c2c([2H])c(C34CNC[C@H]3C4)c([2H])c([2H])c2c1[2H]. The molecule has 1 saturated heterocycles. The third kappa shape index (κ3) is 1.04. The van der Waals surface area contributed by atoms with Crippen LogP contribution in [-0.2, 0) is 5.41 Å². The third-order valence-corrected chi connectivity index (χ3v) is 3.81. The van der Waals surface area contributed by atoms with E-state index in [2.05, 4.69) is 5.32 Å². The van der Waals surface area contributed by atoms with Crippen molar-refractivity contribution in [3.8, 4) is 0 Å². The Morgan fingerprint density at radius 3 is 2.81 bits per heavy atom. The van der Waals surface area contributed by atoms with Crippen molar-refractivity contribution in [1.82, 2.24) is 5.32 Å². The van der Waals surface area contributed by atoms with E-state index in [0.29, 0.717) is 18.0 Å². The first-order valence-corrected chi connectivity index (χ1v) is 5.52. The fourth-order valence-electron chi connectivity index (χ4n) is 2.76. The van der Waals surface area contributed by atoms with Crippen molar-refractivity contribution in [2.75, 3.05) is 13.1 Å². The summed E-state index contributed by atoms with van der Waals surface area (Å²) in [6.07, 6.45) is 0.869. The average molecular weight is 216 g/mol. The Morgan fingerprint density at radius 2 is 2.06 bits per heavy atom. The van der Waals surface area contributed by atoms with Crippen molar-refractivity contribution < 1.29 is 9.60 Å². The second-order valence-electron chi connectivity index (χ2n) is 4.69. The van der Waals surface area contributed by atoms with Gasteiger partial charge in [0.1, 0.15) is 0 Å². The van der Waals surface area contributed by atoms with E-state index in [4.69, 9.17) is 9.60 Å². The molecule has 1 heterocycles. The highest BCUT2D eigenvalue weighted by atomic mass is 15.0. The molecular formula is C15H15N. The minimum Gasteiger partial charge on any atom is -0.316 e. The van der Waals surface area contributed by atoms with Crippen molar-refractivity contribution in [2.24, 2.45) is 5.92 Å². The molecule has 16 heavy (non-hydrogen) atoms. The fraction of sp³-hybridized carbons (Fsp3) is 0.333. The first-order chi connectivity index (χ1) is 10.8. The van der Waals surface area contributed by atoms with Crippen LogP contribution in [0, 0.1) is 5.92 Å². The fourth-order valence-corrected chi connectivity index (χ4v) is 2.76. The lowest BCUT2D eigenvalue weighted by Gasteiger charge is -2.13. The van der Waals surface area contributed by atoms with Gasteiger partial charge < -0.3 is 5.32 Å². The van der Waals surface area contributed by atoms with Gasteiger partial charge in [0, 0.05) is 12.0 Å². The minimum absolute atomic E-state index is 0.0146. The van der Waals surface area contributed by atoms with Crippen molar-refractivity contribution in [2.45, 2.75) is 11.8 Å². The molecule has 0 radical (unpaired) electrons. The predicted octanol–water partition coefficient (Wildman–Crippen LogP) is 2.70. The maximum Gasteiger partial charge on any atom is 0.0632 e. The second kappa shape index (κ2) is 2.86. The maximum atomic E-state index is 8.52. The van der Waals surface area contributed by atoms with Crippen LogP contribution in [0.15, 0.2) is 42.3 Å². The molecule has 1 aliphatic heterocycles. The van der Waals surface area contributed by atoms with Crippen LogP contribution in [-0.4, -0.2) is 13.1 Å². The van der Waals surface area contributed by atoms with Crippen LogP contribution in [0.3, 0.4) is 0 Å². The normalized spacial score (nSPS) is 37.8. The Kier molecular flexibility index (Phi) is 0.805. The molecule has 1 N–H and O–H groups in total. The molecule has 1 nitrogen and oxygen atoms in total. The highest BCUT2D eigenvalue weighted by Crippen LogP contribution is 2.56. The van der Waals surface area contributed by atoms with Crippen LogP contribution in [0.25, 0.3) is 10.8 Å². The number of benzene rings is 2. The number of hydrogen-bond acceptors (Lipinski definition) is 1. The van der Waals surface area contributed by atoms with Crippen molar-refractivity contribution >= 4 is 10.8 Å². The Bertz CT molecular complexity index is 879. The predicted molar refractivity (Wildman–Crippen MR) is 66.6 cm³/mol. The molecule has 4 rings (SSSR count). The van der Waals surface area contributed by atoms with Gasteiger partial charge in [-0.1, -0.05) is 42.3 Å². The molecular weight excluding hydrogens is 194 g/mol. The lowest BCUT2D eigenvalue weighted by Crippen LogP contribution is -2.19. The van der Waals surface area contributed by atoms with Crippen molar-refractivity contribution in [3.63, 3.8) is 0 Å². The highest BCUT2D eigenvalue weighted by Gasteiger charge is 2.57. The summed E-state index contributed by atoms with van der Waals surface area (Å²) in [5.74, 6) is 0.350. The summed E-state index contributed by atoms with van der Waals surface area (Å²) < 4.78 is 56.8. The van der Waals surface area contributed by atoms with Crippen LogP contribution in [0.5, 0.6) is 0 Å². The number of rotatable bonds is 1. The summed E-state index contributed by atoms with van der Waals surface area (Å²) in [6, 6.07) is -1.74. The van der Waals surface area contributed by atoms with Gasteiger partial charge in [-0.15, -0.1) is 0 Å².